The molecule has 3 fully saturated rings. The fourth-order valence-corrected chi connectivity index (χ4v) is 7.92. The predicted molar refractivity (Wildman–Crippen MR) is 102 cm³/mol. The normalized spacial score (nSPS) is 45.8. The van der Waals surface area contributed by atoms with Gasteiger partial charge >= 0.3 is 0 Å². The van der Waals surface area contributed by atoms with Crippen LogP contribution in [0, 0.1) is 34.5 Å². The van der Waals surface area contributed by atoms with Gasteiger partial charge < -0.3 is 5.11 Å². The molecule has 1 N–H and O–H groups in total. The molecule has 4 aliphatic carbocycles. The Balaban J connectivity index is 1.38. The molecule has 0 saturated heterocycles. The third-order valence-corrected chi connectivity index (χ3v) is 9.46. The van der Waals surface area contributed by atoms with E-state index in [4.69, 9.17) is 4.98 Å². The number of aromatic nitrogens is 4. The average Bonchev–Trinajstić information content (AvgIpc) is 3.21. The number of aliphatic hydroxyl groups excluding tert-OH is 1. The van der Waals surface area contributed by atoms with Crippen LogP contribution in [0.1, 0.15) is 63.6 Å². The van der Waals surface area contributed by atoms with Crippen molar-refractivity contribution in [2.24, 2.45) is 34.5 Å². The summed E-state index contributed by atoms with van der Waals surface area (Å²) < 4.78 is 1.84. The second-order valence-corrected chi connectivity index (χ2v) is 10.4. The SMILES string of the molecule is C[C@]12Cc3cn4ncnc4nc3C[C@@H]1CC[C@H]1[C@@H]2CC[C@@]2(C)[C@@H](O)CC[C@@H]12. The topological polar surface area (TPSA) is 63.3 Å². The summed E-state index contributed by atoms with van der Waals surface area (Å²) in [6, 6.07) is 0. The van der Waals surface area contributed by atoms with Gasteiger partial charge in [-0.3, -0.25) is 0 Å². The van der Waals surface area contributed by atoms with E-state index in [1.54, 1.807) is 6.33 Å². The van der Waals surface area contributed by atoms with Crippen LogP contribution in [-0.4, -0.2) is 30.8 Å². The van der Waals surface area contributed by atoms with E-state index >= 15 is 0 Å². The Hall–Kier alpha value is -1.49. The number of hydrogen-bond donors (Lipinski definition) is 1. The van der Waals surface area contributed by atoms with E-state index in [2.05, 4.69) is 30.1 Å². The first kappa shape index (κ1) is 16.5. The number of hydrogen-bond acceptors (Lipinski definition) is 4. The molecule has 0 radical (unpaired) electrons. The lowest BCUT2D eigenvalue weighted by atomic mass is 9.45. The van der Waals surface area contributed by atoms with E-state index in [0.717, 1.165) is 48.7 Å². The molecule has 144 valence electrons. The maximum Gasteiger partial charge on any atom is 0.252 e. The molecule has 4 aliphatic rings. The monoisotopic (exact) mass is 366 g/mol. The number of fused-ring (bicyclic) bond motifs is 7. The highest BCUT2D eigenvalue weighted by Crippen LogP contribution is 2.65. The number of rotatable bonds is 0. The zero-order valence-electron chi connectivity index (χ0n) is 16.4. The van der Waals surface area contributed by atoms with Crippen LogP contribution in [0.15, 0.2) is 12.5 Å². The average molecular weight is 367 g/mol. The van der Waals surface area contributed by atoms with Gasteiger partial charge in [0.1, 0.15) is 6.33 Å². The first-order valence-corrected chi connectivity index (χ1v) is 10.9. The van der Waals surface area contributed by atoms with Crippen LogP contribution in [-0.2, 0) is 12.8 Å². The van der Waals surface area contributed by atoms with E-state index in [0.29, 0.717) is 5.41 Å². The molecule has 27 heavy (non-hydrogen) atoms. The lowest BCUT2D eigenvalue weighted by Gasteiger charge is -2.60. The maximum absolute atomic E-state index is 10.7. The zero-order chi connectivity index (χ0) is 18.4. The Morgan fingerprint density at radius 3 is 2.81 bits per heavy atom. The Labute approximate surface area is 160 Å². The highest BCUT2D eigenvalue weighted by molar-refractivity contribution is 5.34. The highest BCUT2D eigenvalue weighted by Gasteiger charge is 2.60. The Bertz CT molecular complexity index is 909. The van der Waals surface area contributed by atoms with E-state index in [1.807, 2.05) is 4.52 Å². The van der Waals surface area contributed by atoms with Crippen LogP contribution in [0.4, 0.5) is 0 Å². The van der Waals surface area contributed by atoms with E-state index < -0.39 is 0 Å². The second kappa shape index (κ2) is 5.31. The van der Waals surface area contributed by atoms with Crippen LogP contribution in [0.3, 0.4) is 0 Å². The Kier molecular flexibility index (Phi) is 3.24. The summed E-state index contributed by atoms with van der Waals surface area (Å²) in [6.07, 6.45) is 13.3. The second-order valence-electron chi connectivity index (χ2n) is 10.4. The summed E-state index contributed by atoms with van der Waals surface area (Å²) in [5.74, 6) is 3.78. The lowest BCUT2D eigenvalue weighted by molar-refractivity contribution is -0.111. The quantitative estimate of drug-likeness (QED) is 0.776. The summed E-state index contributed by atoms with van der Waals surface area (Å²) in [7, 11) is 0. The summed E-state index contributed by atoms with van der Waals surface area (Å²) in [4.78, 5) is 9.11. The molecule has 5 heteroatoms. The van der Waals surface area contributed by atoms with Crippen molar-refractivity contribution in [3.8, 4) is 0 Å². The largest absolute Gasteiger partial charge is 0.393 e. The molecule has 0 bridgehead atoms. The van der Waals surface area contributed by atoms with Gasteiger partial charge in [-0.1, -0.05) is 13.8 Å². The number of aliphatic hydroxyl groups is 1. The summed E-state index contributed by atoms with van der Waals surface area (Å²) >= 11 is 0. The first-order chi connectivity index (χ1) is 13.0. The van der Waals surface area contributed by atoms with Crippen molar-refractivity contribution in [2.45, 2.75) is 71.3 Å². The fourth-order valence-electron chi connectivity index (χ4n) is 7.92. The molecule has 0 unspecified atom stereocenters. The van der Waals surface area contributed by atoms with E-state index in [-0.39, 0.29) is 11.5 Å². The van der Waals surface area contributed by atoms with Gasteiger partial charge in [-0.25, -0.2) is 9.50 Å². The summed E-state index contributed by atoms with van der Waals surface area (Å²) in [5.41, 5.74) is 3.17. The van der Waals surface area contributed by atoms with Gasteiger partial charge in [-0.05, 0) is 91.4 Å². The molecule has 2 aromatic rings. The molecule has 0 aliphatic heterocycles. The van der Waals surface area contributed by atoms with Crippen molar-refractivity contribution in [1.29, 1.82) is 0 Å². The van der Waals surface area contributed by atoms with Gasteiger partial charge in [-0.2, -0.15) is 10.1 Å². The highest BCUT2D eigenvalue weighted by atomic mass is 16.3. The molecule has 2 aromatic heterocycles. The van der Waals surface area contributed by atoms with Crippen molar-refractivity contribution >= 4 is 5.78 Å². The standard InChI is InChI=1S/C22H30N4O/c1-21-8-7-17-15(16(21)5-6-19(21)27)4-3-14-9-18-13(10-22(14,17)2)11-26-20(25-18)23-12-24-26/h11-12,14-17,19,27H,3-10H2,1-2H3/t14-,15+,16-,17-,19-,21+,22-/m0/s1. The molecule has 0 spiro atoms. The smallest absolute Gasteiger partial charge is 0.252 e. The van der Waals surface area contributed by atoms with Gasteiger partial charge in [0.2, 0.25) is 0 Å². The third kappa shape index (κ3) is 2.07. The van der Waals surface area contributed by atoms with Crippen molar-refractivity contribution in [3.63, 3.8) is 0 Å². The molecule has 0 aromatic carbocycles. The Morgan fingerprint density at radius 2 is 1.93 bits per heavy atom. The maximum atomic E-state index is 10.7. The molecular weight excluding hydrogens is 336 g/mol. The van der Waals surface area contributed by atoms with Crippen molar-refractivity contribution in [1.82, 2.24) is 19.6 Å². The van der Waals surface area contributed by atoms with Gasteiger partial charge in [0.15, 0.2) is 0 Å². The minimum atomic E-state index is -0.0779. The van der Waals surface area contributed by atoms with Gasteiger partial charge in [0, 0.05) is 11.9 Å². The third-order valence-electron chi connectivity index (χ3n) is 9.46. The molecule has 2 heterocycles. The number of nitrogens with zero attached hydrogens (tertiary/aromatic N) is 4. The fraction of sp³-hybridized carbons (Fsp3) is 0.773. The summed E-state index contributed by atoms with van der Waals surface area (Å²) in [6.45, 7) is 4.94. The van der Waals surface area contributed by atoms with Crippen molar-refractivity contribution in [3.05, 3.63) is 23.8 Å². The first-order valence-electron chi connectivity index (χ1n) is 10.9. The van der Waals surface area contributed by atoms with Gasteiger partial charge in [0.25, 0.3) is 5.78 Å². The molecule has 3 saturated carbocycles. The van der Waals surface area contributed by atoms with Crippen LogP contribution in [0.25, 0.3) is 5.78 Å². The molecule has 0 amide bonds. The van der Waals surface area contributed by atoms with Crippen LogP contribution >= 0.6 is 0 Å². The van der Waals surface area contributed by atoms with Crippen LogP contribution < -0.4 is 0 Å². The van der Waals surface area contributed by atoms with E-state index in [1.165, 1.54) is 43.4 Å². The van der Waals surface area contributed by atoms with E-state index in [9.17, 15) is 5.11 Å². The zero-order valence-corrected chi connectivity index (χ0v) is 16.4. The van der Waals surface area contributed by atoms with Gasteiger partial charge in [0.05, 0.1) is 6.10 Å². The molecule has 5 nitrogen and oxygen atoms in total. The summed E-state index contributed by atoms with van der Waals surface area (Å²) in [5, 5.41) is 15.0. The van der Waals surface area contributed by atoms with Crippen molar-refractivity contribution in [2.75, 3.05) is 0 Å². The van der Waals surface area contributed by atoms with Gasteiger partial charge in [-0.15, -0.1) is 0 Å². The minimum Gasteiger partial charge on any atom is -0.393 e. The molecule has 7 atom stereocenters. The molecule has 6 rings (SSSR count). The predicted octanol–water partition coefficient (Wildman–Crippen LogP) is 3.44. The minimum absolute atomic E-state index is 0.0779. The molecular formula is C22H30N4O. The van der Waals surface area contributed by atoms with Crippen molar-refractivity contribution < 1.29 is 5.11 Å². The Morgan fingerprint density at radius 1 is 1.07 bits per heavy atom. The van der Waals surface area contributed by atoms with Crippen LogP contribution in [0.5, 0.6) is 0 Å². The lowest BCUT2D eigenvalue weighted by Crippen LogP contribution is -2.54. The van der Waals surface area contributed by atoms with Crippen LogP contribution in [0.2, 0.25) is 0 Å².